The molecule has 0 atom stereocenters. The van der Waals surface area contributed by atoms with Crippen LogP contribution in [-0.4, -0.2) is 19.9 Å². The molecule has 3 N–H and O–H groups in total. The minimum atomic E-state index is -0.938. The van der Waals surface area contributed by atoms with Crippen molar-refractivity contribution in [2.45, 2.75) is 0 Å². The van der Waals surface area contributed by atoms with Crippen molar-refractivity contribution in [2.24, 2.45) is 0 Å². The molecule has 24 heavy (non-hydrogen) atoms. The van der Waals surface area contributed by atoms with Crippen LogP contribution >= 0.6 is 0 Å². The summed E-state index contributed by atoms with van der Waals surface area (Å²) >= 11 is 0. The van der Waals surface area contributed by atoms with Gasteiger partial charge in [-0.25, -0.2) is 18.2 Å². The lowest BCUT2D eigenvalue weighted by Crippen LogP contribution is -2.07. The largest absolute Gasteiger partial charge is 0.368 e. The summed E-state index contributed by atoms with van der Waals surface area (Å²) in [5, 5.41) is 2.50. The summed E-state index contributed by atoms with van der Waals surface area (Å²) in [5.41, 5.74) is 5.03. The second kappa shape index (κ2) is 6.07. The van der Waals surface area contributed by atoms with Crippen molar-refractivity contribution < 1.29 is 17.6 Å². The topological polar surface area (TPSA) is 89.6 Å². The van der Waals surface area contributed by atoms with Crippen molar-refractivity contribution in [3.63, 3.8) is 0 Å². The number of nitrogen functional groups attached to an aromatic ring is 1. The van der Waals surface area contributed by atoms with Crippen LogP contribution in [0.25, 0.3) is 11.5 Å². The Bertz CT molecular complexity index is 898. The molecule has 3 rings (SSSR count). The highest BCUT2D eigenvalue weighted by Gasteiger charge is 2.14. The zero-order valence-electron chi connectivity index (χ0n) is 11.8. The van der Waals surface area contributed by atoms with Gasteiger partial charge in [0.1, 0.15) is 17.3 Å². The van der Waals surface area contributed by atoms with E-state index in [1.54, 1.807) is 0 Å². The standard InChI is InChI=1S/C14H8F4N6/c15-6-3-7(16)5-8(4-6)20-14-23-12(22-13(19)24-14)11-9(17)1-2-10(18)21-11/h1-5H,(H3,19,20,22,23,24). The summed E-state index contributed by atoms with van der Waals surface area (Å²) in [4.78, 5) is 14.6. The highest BCUT2D eigenvalue weighted by molar-refractivity contribution is 5.58. The van der Waals surface area contributed by atoms with E-state index in [0.717, 1.165) is 24.3 Å². The van der Waals surface area contributed by atoms with Gasteiger partial charge in [0.25, 0.3) is 0 Å². The van der Waals surface area contributed by atoms with E-state index in [1.807, 2.05) is 0 Å². The molecule has 0 spiro atoms. The van der Waals surface area contributed by atoms with Crippen molar-refractivity contribution in [3.8, 4) is 11.5 Å². The molecule has 0 fully saturated rings. The van der Waals surface area contributed by atoms with Gasteiger partial charge < -0.3 is 11.1 Å². The van der Waals surface area contributed by atoms with Crippen LogP contribution < -0.4 is 11.1 Å². The van der Waals surface area contributed by atoms with Crippen molar-refractivity contribution in [2.75, 3.05) is 11.1 Å². The number of anilines is 3. The first kappa shape index (κ1) is 15.6. The van der Waals surface area contributed by atoms with Crippen molar-refractivity contribution in [3.05, 3.63) is 53.7 Å². The molecule has 0 unspecified atom stereocenters. The maximum Gasteiger partial charge on any atom is 0.232 e. The van der Waals surface area contributed by atoms with Gasteiger partial charge in [-0.05, 0) is 24.3 Å². The maximum absolute atomic E-state index is 13.8. The molecule has 122 valence electrons. The van der Waals surface area contributed by atoms with Gasteiger partial charge >= 0.3 is 0 Å². The Kier molecular flexibility index (Phi) is 3.94. The van der Waals surface area contributed by atoms with E-state index in [-0.39, 0.29) is 23.4 Å². The third-order valence-corrected chi connectivity index (χ3v) is 2.80. The third-order valence-electron chi connectivity index (χ3n) is 2.80. The number of aromatic nitrogens is 4. The van der Waals surface area contributed by atoms with E-state index in [2.05, 4.69) is 25.3 Å². The summed E-state index contributed by atoms with van der Waals surface area (Å²) in [7, 11) is 0. The minimum Gasteiger partial charge on any atom is -0.368 e. The van der Waals surface area contributed by atoms with Crippen molar-refractivity contribution in [1.82, 2.24) is 19.9 Å². The predicted octanol–water partition coefficient (Wildman–Crippen LogP) is 2.82. The molecule has 0 aliphatic heterocycles. The van der Waals surface area contributed by atoms with Crippen LogP contribution in [0.3, 0.4) is 0 Å². The molecule has 0 aliphatic rings. The van der Waals surface area contributed by atoms with E-state index >= 15 is 0 Å². The molecular formula is C14H8F4N6. The SMILES string of the molecule is Nc1nc(Nc2cc(F)cc(F)c2)nc(-c2nc(F)ccc2F)n1. The molecule has 2 heterocycles. The van der Waals surface area contributed by atoms with E-state index < -0.39 is 29.1 Å². The normalized spacial score (nSPS) is 10.7. The quantitative estimate of drug-likeness (QED) is 0.565. The lowest BCUT2D eigenvalue weighted by molar-refractivity contribution is 0.562. The molecule has 0 bridgehead atoms. The van der Waals surface area contributed by atoms with Crippen LogP contribution in [0.2, 0.25) is 0 Å². The molecule has 2 aromatic heterocycles. The van der Waals surface area contributed by atoms with Crippen molar-refractivity contribution in [1.29, 1.82) is 0 Å². The first-order chi connectivity index (χ1) is 11.4. The Hall–Kier alpha value is -3.30. The Labute approximate surface area is 132 Å². The lowest BCUT2D eigenvalue weighted by atomic mass is 10.3. The van der Waals surface area contributed by atoms with E-state index in [9.17, 15) is 17.6 Å². The molecule has 0 amide bonds. The Balaban J connectivity index is 2.01. The second-order valence-corrected chi connectivity index (χ2v) is 4.59. The number of hydrogen-bond acceptors (Lipinski definition) is 6. The molecule has 3 aromatic rings. The molecule has 0 aliphatic carbocycles. The van der Waals surface area contributed by atoms with Crippen LogP contribution in [0.1, 0.15) is 0 Å². The van der Waals surface area contributed by atoms with Crippen molar-refractivity contribution >= 4 is 17.6 Å². The monoisotopic (exact) mass is 336 g/mol. The molecule has 0 saturated carbocycles. The van der Waals surface area contributed by atoms with Gasteiger partial charge in [0.15, 0.2) is 11.6 Å². The number of hydrogen-bond donors (Lipinski definition) is 2. The average molecular weight is 336 g/mol. The maximum atomic E-state index is 13.8. The van der Waals surface area contributed by atoms with Gasteiger partial charge in [-0.15, -0.1) is 0 Å². The fraction of sp³-hybridized carbons (Fsp3) is 0. The van der Waals surface area contributed by atoms with E-state index in [1.165, 1.54) is 0 Å². The number of nitrogens with zero attached hydrogens (tertiary/aromatic N) is 4. The molecular weight excluding hydrogens is 328 g/mol. The first-order valence-electron chi connectivity index (χ1n) is 6.48. The van der Waals surface area contributed by atoms with Crippen LogP contribution in [0, 0.1) is 23.4 Å². The molecule has 0 radical (unpaired) electrons. The van der Waals surface area contributed by atoms with Gasteiger partial charge in [0, 0.05) is 11.8 Å². The smallest absolute Gasteiger partial charge is 0.232 e. The van der Waals surface area contributed by atoms with Crippen LogP contribution in [-0.2, 0) is 0 Å². The molecule has 1 aromatic carbocycles. The van der Waals surface area contributed by atoms with Gasteiger partial charge in [0.2, 0.25) is 17.8 Å². The fourth-order valence-corrected chi connectivity index (χ4v) is 1.88. The summed E-state index contributed by atoms with van der Waals surface area (Å²) in [6, 6.07) is 4.35. The van der Waals surface area contributed by atoms with Gasteiger partial charge in [0.05, 0.1) is 0 Å². The minimum absolute atomic E-state index is 0.00303. The van der Waals surface area contributed by atoms with Gasteiger partial charge in [-0.3, -0.25) is 0 Å². The summed E-state index contributed by atoms with van der Waals surface area (Å²) < 4.78 is 53.3. The summed E-state index contributed by atoms with van der Waals surface area (Å²) in [5.74, 6) is -4.32. The Morgan fingerprint density at radius 3 is 2.25 bits per heavy atom. The second-order valence-electron chi connectivity index (χ2n) is 4.59. The van der Waals surface area contributed by atoms with E-state index in [4.69, 9.17) is 5.73 Å². The highest BCUT2D eigenvalue weighted by atomic mass is 19.1. The number of rotatable bonds is 3. The summed E-state index contributed by atoms with van der Waals surface area (Å²) in [6.45, 7) is 0. The Morgan fingerprint density at radius 2 is 1.54 bits per heavy atom. The van der Waals surface area contributed by atoms with Crippen LogP contribution in [0.5, 0.6) is 0 Å². The fourth-order valence-electron chi connectivity index (χ4n) is 1.88. The molecule has 6 nitrogen and oxygen atoms in total. The average Bonchev–Trinajstić information content (AvgIpc) is 2.48. The zero-order chi connectivity index (χ0) is 17.3. The number of halogens is 4. The Morgan fingerprint density at radius 1 is 0.833 bits per heavy atom. The third kappa shape index (κ3) is 3.37. The van der Waals surface area contributed by atoms with Crippen LogP contribution in [0.15, 0.2) is 30.3 Å². The van der Waals surface area contributed by atoms with Gasteiger partial charge in [-0.1, -0.05) is 0 Å². The number of benzene rings is 1. The summed E-state index contributed by atoms with van der Waals surface area (Å²) in [6.07, 6.45) is 0. The highest BCUT2D eigenvalue weighted by Crippen LogP contribution is 2.21. The van der Waals surface area contributed by atoms with Gasteiger partial charge in [-0.2, -0.15) is 19.3 Å². The number of pyridine rings is 1. The van der Waals surface area contributed by atoms with E-state index in [0.29, 0.717) is 6.07 Å². The number of nitrogens with two attached hydrogens (primary N) is 1. The lowest BCUT2D eigenvalue weighted by Gasteiger charge is -2.08. The van der Waals surface area contributed by atoms with Crippen LogP contribution in [0.4, 0.5) is 35.1 Å². The number of nitrogens with one attached hydrogen (secondary N) is 1. The molecule has 10 heteroatoms. The first-order valence-corrected chi connectivity index (χ1v) is 6.48. The molecule has 0 saturated heterocycles. The predicted molar refractivity (Wildman–Crippen MR) is 77.0 cm³/mol. The zero-order valence-corrected chi connectivity index (χ0v) is 11.8.